The van der Waals surface area contributed by atoms with Crippen LogP contribution in [0.25, 0.3) is 0 Å². The molecule has 0 aromatic rings. The quantitative estimate of drug-likeness (QED) is 0.669. The summed E-state index contributed by atoms with van der Waals surface area (Å²) < 4.78 is 6.07. The van der Waals surface area contributed by atoms with Crippen LogP contribution >= 0.6 is 0 Å². The van der Waals surface area contributed by atoms with Crippen molar-refractivity contribution in [2.24, 2.45) is 34.0 Å². The first-order valence-electron chi connectivity index (χ1n) is 9.36. The number of ether oxygens (including phenoxy) is 1. The van der Waals surface area contributed by atoms with Crippen LogP contribution in [-0.4, -0.2) is 12.1 Å². The average molecular weight is 306 g/mol. The molecule has 0 radical (unpaired) electrons. The molecule has 3 rings (SSSR count). The minimum atomic E-state index is -0.346. The lowest BCUT2D eigenvalue weighted by Gasteiger charge is -2.40. The molecule has 0 aromatic carbocycles. The molecule has 3 aliphatic rings. The van der Waals surface area contributed by atoms with Gasteiger partial charge in [-0.2, -0.15) is 0 Å². The van der Waals surface area contributed by atoms with Crippen molar-refractivity contribution in [3.05, 3.63) is 0 Å². The van der Waals surface area contributed by atoms with E-state index in [1.54, 1.807) is 0 Å². The molecular formula is C20H34O2. The van der Waals surface area contributed by atoms with Crippen molar-refractivity contribution in [2.45, 2.75) is 86.2 Å². The minimum Gasteiger partial charge on any atom is -0.462 e. The molecular weight excluding hydrogens is 272 g/mol. The van der Waals surface area contributed by atoms with Gasteiger partial charge in [0.25, 0.3) is 0 Å². The number of hydrogen-bond donors (Lipinski definition) is 0. The third-order valence-corrected chi connectivity index (χ3v) is 8.06. The van der Waals surface area contributed by atoms with Gasteiger partial charge in [0, 0.05) is 5.92 Å². The summed E-state index contributed by atoms with van der Waals surface area (Å²) in [5.74, 6) is 2.26. The summed E-state index contributed by atoms with van der Waals surface area (Å²) in [6.07, 6.45) is 7.41. The lowest BCUT2D eigenvalue weighted by Crippen LogP contribution is -2.40. The van der Waals surface area contributed by atoms with E-state index in [1.165, 1.54) is 25.7 Å². The van der Waals surface area contributed by atoms with Crippen molar-refractivity contribution in [1.82, 2.24) is 0 Å². The van der Waals surface area contributed by atoms with E-state index in [0.717, 1.165) is 24.7 Å². The highest BCUT2D eigenvalue weighted by Gasteiger charge is 2.66. The average Bonchev–Trinajstić information content (AvgIpc) is 2.86. The van der Waals surface area contributed by atoms with E-state index in [2.05, 4.69) is 27.7 Å². The predicted octanol–water partition coefficient (Wildman–Crippen LogP) is 5.21. The molecule has 0 amide bonds. The van der Waals surface area contributed by atoms with E-state index in [4.69, 9.17) is 4.74 Å². The molecule has 3 aliphatic carbocycles. The van der Waals surface area contributed by atoms with E-state index in [0.29, 0.717) is 16.7 Å². The fourth-order valence-electron chi connectivity index (χ4n) is 6.05. The zero-order valence-corrected chi connectivity index (χ0v) is 15.4. The third kappa shape index (κ3) is 2.08. The van der Waals surface area contributed by atoms with E-state index >= 15 is 0 Å². The highest BCUT2D eigenvalue weighted by Crippen LogP contribution is 2.71. The van der Waals surface area contributed by atoms with Crippen LogP contribution in [0.1, 0.15) is 80.1 Å². The first-order valence-corrected chi connectivity index (χ1v) is 9.36. The number of fused-ring (bicyclic) bond motifs is 1. The van der Waals surface area contributed by atoms with E-state index in [9.17, 15) is 4.79 Å². The Hall–Kier alpha value is -0.530. The first-order chi connectivity index (χ1) is 10.1. The molecule has 0 heterocycles. The molecule has 3 saturated carbocycles. The van der Waals surface area contributed by atoms with E-state index in [-0.39, 0.29) is 17.5 Å². The standard InChI is InChI=1S/C20H34O2/c1-7-18(3,4)17(21)22-15-10-11-20-12-14(15)19(5,6)16(20)9-8-13(20)2/h13-16H,7-12H2,1-6H3. The Bertz CT molecular complexity index is 464. The largest absolute Gasteiger partial charge is 0.462 e. The molecule has 5 unspecified atom stereocenters. The van der Waals surface area contributed by atoms with Gasteiger partial charge >= 0.3 is 5.97 Å². The molecule has 126 valence electrons. The molecule has 0 aromatic heterocycles. The Balaban J connectivity index is 1.80. The van der Waals surface area contributed by atoms with Gasteiger partial charge in [-0.05, 0) is 75.0 Å². The van der Waals surface area contributed by atoms with Crippen LogP contribution in [0.15, 0.2) is 0 Å². The molecule has 5 atom stereocenters. The van der Waals surface area contributed by atoms with Gasteiger partial charge in [0.2, 0.25) is 0 Å². The molecule has 3 fully saturated rings. The predicted molar refractivity (Wildman–Crippen MR) is 89.4 cm³/mol. The number of rotatable bonds is 3. The normalized spacial score (nSPS) is 43.0. The lowest BCUT2D eigenvalue weighted by molar-refractivity contribution is -0.167. The van der Waals surface area contributed by atoms with Gasteiger partial charge in [0.15, 0.2) is 0 Å². The molecule has 0 aliphatic heterocycles. The van der Waals surface area contributed by atoms with Crippen molar-refractivity contribution in [3.63, 3.8) is 0 Å². The van der Waals surface area contributed by atoms with Crippen LogP contribution in [0.3, 0.4) is 0 Å². The Morgan fingerprint density at radius 3 is 2.55 bits per heavy atom. The maximum Gasteiger partial charge on any atom is 0.311 e. The van der Waals surface area contributed by atoms with Crippen molar-refractivity contribution >= 4 is 5.97 Å². The van der Waals surface area contributed by atoms with E-state index < -0.39 is 0 Å². The number of carbonyl (C=O) groups excluding carboxylic acids is 1. The Kier molecular flexibility index (Phi) is 3.70. The lowest BCUT2D eigenvalue weighted by atomic mass is 9.67. The van der Waals surface area contributed by atoms with Crippen LogP contribution in [-0.2, 0) is 9.53 Å². The molecule has 2 bridgehead atoms. The summed E-state index contributed by atoms with van der Waals surface area (Å²) in [4.78, 5) is 12.5. The van der Waals surface area contributed by atoms with Crippen LogP contribution in [0.5, 0.6) is 0 Å². The molecule has 22 heavy (non-hydrogen) atoms. The second-order valence-electron chi connectivity index (χ2n) is 9.62. The maximum atomic E-state index is 12.5. The van der Waals surface area contributed by atoms with Gasteiger partial charge in [-0.3, -0.25) is 4.79 Å². The summed E-state index contributed by atoms with van der Waals surface area (Å²) in [5, 5.41) is 0. The first kappa shape index (κ1) is 16.3. The topological polar surface area (TPSA) is 26.3 Å². The second kappa shape index (κ2) is 4.98. The smallest absolute Gasteiger partial charge is 0.311 e. The molecule has 0 N–H and O–H groups in total. The van der Waals surface area contributed by atoms with Crippen LogP contribution in [0.2, 0.25) is 0 Å². The van der Waals surface area contributed by atoms with Crippen LogP contribution < -0.4 is 0 Å². The highest BCUT2D eigenvalue weighted by molar-refractivity contribution is 5.76. The van der Waals surface area contributed by atoms with Gasteiger partial charge in [0.05, 0.1) is 5.41 Å². The van der Waals surface area contributed by atoms with Gasteiger partial charge in [-0.1, -0.05) is 27.7 Å². The van der Waals surface area contributed by atoms with Crippen molar-refractivity contribution in [2.75, 3.05) is 0 Å². The highest BCUT2D eigenvalue weighted by atomic mass is 16.5. The maximum absolute atomic E-state index is 12.5. The Morgan fingerprint density at radius 2 is 1.91 bits per heavy atom. The van der Waals surface area contributed by atoms with Crippen molar-refractivity contribution in [3.8, 4) is 0 Å². The van der Waals surface area contributed by atoms with Gasteiger partial charge in [0.1, 0.15) is 6.10 Å². The van der Waals surface area contributed by atoms with Crippen molar-refractivity contribution in [1.29, 1.82) is 0 Å². The molecule has 0 saturated heterocycles. The summed E-state index contributed by atoms with van der Waals surface area (Å²) in [6, 6.07) is 0. The van der Waals surface area contributed by atoms with Crippen LogP contribution in [0.4, 0.5) is 0 Å². The number of hydrogen-bond acceptors (Lipinski definition) is 2. The Morgan fingerprint density at radius 1 is 1.23 bits per heavy atom. The SMILES string of the molecule is CCC(C)(C)C(=O)OC1CCC23CC1C(C)(C)C2CCC3C. The summed E-state index contributed by atoms with van der Waals surface area (Å²) in [5.41, 5.74) is 0.529. The van der Waals surface area contributed by atoms with Gasteiger partial charge < -0.3 is 4.74 Å². The zero-order chi connectivity index (χ0) is 16.3. The third-order valence-electron chi connectivity index (χ3n) is 8.06. The fraction of sp³-hybridized carbons (Fsp3) is 0.950. The van der Waals surface area contributed by atoms with E-state index in [1.807, 2.05) is 13.8 Å². The summed E-state index contributed by atoms with van der Waals surface area (Å²) in [6.45, 7) is 13.4. The van der Waals surface area contributed by atoms with Gasteiger partial charge in [-0.15, -0.1) is 0 Å². The molecule has 2 nitrogen and oxygen atoms in total. The van der Waals surface area contributed by atoms with Crippen molar-refractivity contribution < 1.29 is 9.53 Å². The zero-order valence-electron chi connectivity index (χ0n) is 15.4. The Labute approximate surface area is 136 Å². The number of carbonyl (C=O) groups is 1. The fourth-order valence-corrected chi connectivity index (χ4v) is 6.05. The van der Waals surface area contributed by atoms with Crippen LogP contribution in [0, 0.1) is 34.0 Å². The molecule has 1 spiro atoms. The van der Waals surface area contributed by atoms with Gasteiger partial charge in [-0.25, -0.2) is 0 Å². The second-order valence-corrected chi connectivity index (χ2v) is 9.62. The number of esters is 1. The minimum absolute atomic E-state index is 0.0110. The monoisotopic (exact) mass is 306 g/mol. The molecule has 2 heteroatoms. The summed E-state index contributed by atoms with van der Waals surface area (Å²) in [7, 11) is 0. The summed E-state index contributed by atoms with van der Waals surface area (Å²) >= 11 is 0.